The van der Waals surface area contributed by atoms with Crippen molar-refractivity contribution in [2.45, 2.75) is 33.6 Å². The predicted molar refractivity (Wildman–Crippen MR) is 100 cm³/mol. The highest BCUT2D eigenvalue weighted by Crippen LogP contribution is 2.28. The molecule has 26 heavy (non-hydrogen) atoms. The first-order chi connectivity index (χ1) is 12.4. The van der Waals surface area contributed by atoms with Gasteiger partial charge in [-0.1, -0.05) is 4.49 Å². The summed E-state index contributed by atoms with van der Waals surface area (Å²) in [4.78, 5) is 28.1. The van der Waals surface area contributed by atoms with Crippen molar-refractivity contribution in [2.24, 2.45) is 5.92 Å². The van der Waals surface area contributed by atoms with Crippen molar-refractivity contribution in [3.8, 4) is 5.75 Å². The monoisotopic (exact) mass is 373 g/mol. The van der Waals surface area contributed by atoms with Crippen molar-refractivity contribution < 1.29 is 14.3 Å². The Morgan fingerprint density at radius 3 is 2.50 bits per heavy atom. The van der Waals surface area contributed by atoms with Crippen molar-refractivity contribution in [3.63, 3.8) is 0 Å². The van der Waals surface area contributed by atoms with Crippen molar-refractivity contribution in [2.75, 3.05) is 20.2 Å². The number of likely N-dealkylation sites (tertiary alicyclic amines) is 1. The topological polar surface area (TPSA) is 72.4 Å². The fourth-order valence-electron chi connectivity index (χ4n) is 3.60. The number of carbonyl (C=O) groups excluding carboxylic acids is 2. The number of methoxy groups -OCH3 is 1. The minimum absolute atomic E-state index is 0.0721. The van der Waals surface area contributed by atoms with Crippen LogP contribution in [0.2, 0.25) is 0 Å². The molecular formula is C19H23N3O3S. The van der Waals surface area contributed by atoms with Gasteiger partial charge in [0.15, 0.2) is 5.78 Å². The van der Waals surface area contributed by atoms with Crippen LogP contribution in [-0.4, -0.2) is 46.4 Å². The molecule has 0 N–H and O–H groups in total. The molecule has 1 aliphatic heterocycles. The lowest BCUT2D eigenvalue weighted by atomic mass is 9.88. The number of nitrogens with zero attached hydrogens (tertiary/aromatic N) is 3. The summed E-state index contributed by atoms with van der Waals surface area (Å²) in [5.74, 6) is 0.656. The van der Waals surface area contributed by atoms with Gasteiger partial charge < -0.3 is 9.64 Å². The zero-order valence-corrected chi connectivity index (χ0v) is 16.4. The number of hydrogen-bond donors (Lipinski definition) is 0. The Labute approximate surface area is 157 Å². The third kappa shape index (κ3) is 3.49. The quantitative estimate of drug-likeness (QED) is 0.770. The van der Waals surface area contributed by atoms with Gasteiger partial charge in [-0.15, -0.1) is 5.10 Å². The SMILES string of the molecule is COc1c(C)cc(C(=O)[C@@H]2CCCN(C(=O)c3snnc3C)C2)cc1C. The molecule has 0 aliphatic carbocycles. The molecule has 2 aromatic rings. The van der Waals surface area contributed by atoms with Gasteiger partial charge in [-0.3, -0.25) is 9.59 Å². The normalized spacial score (nSPS) is 17.2. The number of ketones is 1. The Hall–Kier alpha value is -2.28. The first kappa shape index (κ1) is 18.5. The molecule has 1 fully saturated rings. The van der Waals surface area contributed by atoms with Crippen LogP contribution in [0.5, 0.6) is 5.75 Å². The fraction of sp³-hybridized carbons (Fsp3) is 0.474. The number of carbonyl (C=O) groups is 2. The number of piperidine rings is 1. The first-order valence-electron chi connectivity index (χ1n) is 8.70. The number of amides is 1. The van der Waals surface area contributed by atoms with Crippen LogP contribution in [0, 0.1) is 26.7 Å². The van der Waals surface area contributed by atoms with E-state index < -0.39 is 0 Å². The number of hydrogen-bond acceptors (Lipinski definition) is 6. The maximum absolute atomic E-state index is 13.0. The van der Waals surface area contributed by atoms with Gasteiger partial charge in [-0.05, 0) is 68.4 Å². The molecule has 6 nitrogen and oxygen atoms in total. The van der Waals surface area contributed by atoms with E-state index in [1.54, 1.807) is 18.9 Å². The zero-order chi connectivity index (χ0) is 18.8. The summed E-state index contributed by atoms with van der Waals surface area (Å²) in [6.45, 7) is 6.78. The molecule has 0 bridgehead atoms. The van der Waals surface area contributed by atoms with E-state index >= 15 is 0 Å². The second-order valence-electron chi connectivity index (χ2n) is 6.79. The molecule has 0 spiro atoms. The van der Waals surface area contributed by atoms with E-state index in [0.717, 1.165) is 41.3 Å². The maximum Gasteiger partial charge on any atom is 0.267 e. The van der Waals surface area contributed by atoms with Gasteiger partial charge in [-0.25, -0.2) is 0 Å². The number of aromatic nitrogens is 2. The lowest BCUT2D eigenvalue weighted by molar-refractivity contribution is 0.0640. The van der Waals surface area contributed by atoms with Gasteiger partial charge in [0.1, 0.15) is 10.6 Å². The van der Waals surface area contributed by atoms with E-state index in [1.165, 1.54) is 0 Å². The Kier molecular flexibility index (Phi) is 5.36. The molecule has 1 aromatic heterocycles. The smallest absolute Gasteiger partial charge is 0.267 e. The molecule has 1 aromatic carbocycles. The highest BCUT2D eigenvalue weighted by molar-refractivity contribution is 7.07. The van der Waals surface area contributed by atoms with Crippen LogP contribution in [0.25, 0.3) is 0 Å². The molecule has 0 unspecified atom stereocenters. The maximum atomic E-state index is 13.0. The van der Waals surface area contributed by atoms with Crippen LogP contribution in [0.1, 0.15) is 49.7 Å². The molecule has 1 atom stereocenters. The summed E-state index contributed by atoms with van der Waals surface area (Å²) >= 11 is 1.11. The Balaban J connectivity index is 1.78. The summed E-state index contributed by atoms with van der Waals surface area (Å²) in [5.41, 5.74) is 3.24. The molecule has 3 rings (SSSR count). The van der Waals surface area contributed by atoms with E-state index in [9.17, 15) is 9.59 Å². The van der Waals surface area contributed by atoms with Crippen molar-refractivity contribution in [3.05, 3.63) is 39.4 Å². The van der Waals surface area contributed by atoms with Gasteiger partial charge in [0.25, 0.3) is 5.91 Å². The van der Waals surface area contributed by atoms with E-state index in [0.29, 0.717) is 29.2 Å². The summed E-state index contributed by atoms with van der Waals surface area (Å²) in [5, 5.41) is 3.91. The highest BCUT2D eigenvalue weighted by atomic mass is 32.1. The van der Waals surface area contributed by atoms with Crippen LogP contribution in [0.4, 0.5) is 0 Å². The number of ether oxygens (including phenoxy) is 1. The summed E-state index contributed by atoms with van der Waals surface area (Å²) < 4.78 is 9.22. The second kappa shape index (κ2) is 7.53. The molecule has 138 valence electrons. The van der Waals surface area contributed by atoms with E-state index in [4.69, 9.17) is 4.74 Å². The molecule has 7 heteroatoms. The molecule has 1 amide bonds. The van der Waals surface area contributed by atoms with Crippen LogP contribution < -0.4 is 4.74 Å². The van der Waals surface area contributed by atoms with Gasteiger partial charge in [-0.2, -0.15) is 0 Å². The Morgan fingerprint density at radius 1 is 1.23 bits per heavy atom. The van der Waals surface area contributed by atoms with Crippen LogP contribution in [-0.2, 0) is 0 Å². The number of rotatable bonds is 4. The lowest BCUT2D eigenvalue weighted by Gasteiger charge is -2.32. The van der Waals surface area contributed by atoms with E-state index in [1.807, 2.05) is 26.0 Å². The first-order valence-corrected chi connectivity index (χ1v) is 9.47. The summed E-state index contributed by atoms with van der Waals surface area (Å²) in [6.07, 6.45) is 1.62. The molecule has 2 heterocycles. The highest BCUT2D eigenvalue weighted by Gasteiger charge is 2.31. The van der Waals surface area contributed by atoms with Crippen molar-refractivity contribution >= 4 is 23.2 Å². The largest absolute Gasteiger partial charge is 0.496 e. The van der Waals surface area contributed by atoms with Crippen LogP contribution in [0.3, 0.4) is 0 Å². The van der Waals surface area contributed by atoms with Crippen molar-refractivity contribution in [1.82, 2.24) is 14.5 Å². The van der Waals surface area contributed by atoms with Crippen LogP contribution >= 0.6 is 11.5 Å². The van der Waals surface area contributed by atoms with Crippen molar-refractivity contribution in [1.29, 1.82) is 0 Å². The van der Waals surface area contributed by atoms with Crippen LogP contribution in [0.15, 0.2) is 12.1 Å². The van der Waals surface area contributed by atoms with Gasteiger partial charge in [0.2, 0.25) is 0 Å². The minimum Gasteiger partial charge on any atom is -0.496 e. The second-order valence-corrected chi connectivity index (χ2v) is 7.54. The standard InChI is InChI=1S/C19H23N3O3S/c1-11-8-15(9-12(2)17(11)25-4)16(23)14-6-5-7-22(10-14)19(24)18-13(3)20-21-26-18/h8-9,14H,5-7,10H2,1-4H3/t14-/m1/s1. The molecule has 1 aliphatic rings. The number of benzene rings is 1. The molecule has 0 radical (unpaired) electrons. The summed E-state index contributed by atoms with van der Waals surface area (Å²) in [7, 11) is 1.64. The molecular weight excluding hydrogens is 350 g/mol. The Bertz CT molecular complexity index is 823. The third-order valence-electron chi connectivity index (χ3n) is 4.87. The van der Waals surface area contributed by atoms with E-state index in [-0.39, 0.29) is 17.6 Å². The van der Waals surface area contributed by atoms with Gasteiger partial charge in [0, 0.05) is 24.6 Å². The van der Waals surface area contributed by atoms with E-state index in [2.05, 4.69) is 9.59 Å². The number of aryl methyl sites for hydroxylation is 3. The average molecular weight is 373 g/mol. The Morgan fingerprint density at radius 2 is 1.92 bits per heavy atom. The van der Waals surface area contributed by atoms with Gasteiger partial charge >= 0.3 is 0 Å². The zero-order valence-electron chi connectivity index (χ0n) is 15.5. The average Bonchev–Trinajstić information content (AvgIpc) is 3.06. The predicted octanol–water partition coefficient (Wildman–Crippen LogP) is 3.21. The van der Waals surface area contributed by atoms with Gasteiger partial charge in [0.05, 0.1) is 12.8 Å². The fourth-order valence-corrected chi connectivity index (χ4v) is 4.22. The molecule has 0 saturated carbocycles. The molecule has 1 saturated heterocycles. The number of Topliss-reactive ketones (excluding diaryl/α,β-unsaturated/α-hetero) is 1. The third-order valence-corrected chi connectivity index (χ3v) is 5.69. The lowest BCUT2D eigenvalue weighted by Crippen LogP contribution is -2.42. The summed E-state index contributed by atoms with van der Waals surface area (Å²) in [6, 6.07) is 3.76. The minimum atomic E-state index is -0.180.